The molecule has 1 fully saturated rings. The van der Waals surface area contributed by atoms with Crippen LogP contribution in [0.25, 0.3) is 0 Å². The summed E-state index contributed by atoms with van der Waals surface area (Å²) in [7, 11) is 2.05. The summed E-state index contributed by atoms with van der Waals surface area (Å²) in [6.07, 6.45) is 1.00. The molecular formula is C13H19N3O2. The average Bonchev–Trinajstić information content (AvgIpc) is 2.72. The Morgan fingerprint density at radius 1 is 1.61 bits per heavy atom. The number of ether oxygens (including phenoxy) is 1. The number of likely N-dealkylation sites (N-methyl/N-ethyl adjacent to an activating group) is 1. The minimum atomic E-state index is -0.0854. The molecule has 2 rings (SSSR count). The summed E-state index contributed by atoms with van der Waals surface area (Å²) in [6, 6.07) is 7.31. The van der Waals surface area contributed by atoms with Gasteiger partial charge in [0.05, 0.1) is 0 Å². The predicted molar refractivity (Wildman–Crippen MR) is 70.4 cm³/mol. The molecule has 1 amide bonds. The van der Waals surface area contributed by atoms with Gasteiger partial charge in [-0.15, -0.1) is 0 Å². The zero-order valence-electron chi connectivity index (χ0n) is 10.6. The fraction of sp³-hybridized carbons (Fsp3) is 0.462. The molecule has 1 aromatic rings. The van der Waals surface area contributed by atoms with E-state index in [1.54, 1.807) is 24.3 Å². The Morgan fingerprint density at radius 2 is 2.44 bits per heavy atom. The monoisotopic (exact) mass is 249 g/mol. The molecule has 0 bridgehead atoms. The minimum absolute atomic E-state index is 0.0314. The third-order valence-electron chi connectivity index (χ3n) is 2.98. The van der Waals surface area contributed by atoms with Gasteiger partial charge in [0.1, 0.15) is 5.75 Å². The molecule has 5 nitrogen and oxygen atoms in total. The van der Waals surface area contributed by atoms with E-state index in [1.165, 1.54) is 0 Å². The maximum Gasteiger partial charge on any atom is 0.258 e. The number of carbonyl (C=O) groups is 1. The van der Waals surface area contributed by atoms with Crippen molar-refractivity contribution in [2.75, 3.05) is 32.5 Å². The first-order chi connectivity index (χ1) is 8.63. The second-order valence-electron chi connectivity index (χ2n) is 4.68. The van der Waals surface area contributed by atoms with Gasteiger partial charge < -0.3 is 20.7 Å². The van der Waals surface area contributed by atoms with E-state index in [1.807, 2.05) is 0 Å². The van der Waals surface area contributed by atoms with Crippen LogP contribution in [-0.2, 0) is 4.79 Å². The van der Waals surface area contributed by atoms with Crippen LogP contribution in [0.4, 0.5) is 5.69 Å². The van der Waals surface area contributed by atoms with E-state index in [4.69, 9.17) is 10.5 Å². The van der Waals surface area contributed by atoms with Gasteiger partial charge in [-0.1, -0.05) is 6.07 Å². The predicted octanol–water partition coefficient (Wildman–Crippen LogP) is 0.468. The van der Waals surface area contributed by atoms with Crippen molar-refractivity contribution in [1.82, 2.24) is 10.2 Å². The summed E-state index contributed by atoms with van der Waals surface area (Å²) in [5.41, 5.74) is 6.26. The van der Waals surface area contributed by atoms with E-state index < -0.39 is 0 Å². The first-order valence-corrected chi connectivity index (χ1v) is 6.10. The van der Waals surface area contributed by atoms with E-state index in [2.05, 4.69) is 17.3 Å². The lowest BCUT2D eigenvalue weighted by Crippen LogP contribution is -2.39. The Balaban J connectivity index is 1.75. The van der Waals surface area contributed by atoms with E-state index in [0.29, 0.717) is 11.4 Å². The van der Waals surface area contributed by atoms with Crippen molar-refractivity contribution in [1.29, 1.82) is 0 Å². The number of amides is 1. The molecule has 1 atom stereocenters. The van der Waals surface area contributed by atoms with Crippen LogP contribution < -0.4 is 15.8 Å². The van der Waals surface area contributed by atoms with Crippen LogP contribution in [0.1, 0.15) is 6.42 Å². The molecule has 18 heavy (non-hydrogen) atoms. The third-order valence-corrected chi connectivity index (χ3v) is 2.98. The first kappa shape index (κ1) is 12.7. The van der Waals surface area contributed by atoms with Gasteiger partial charge >= 0.3 is 0 Å². The first-order valence-electron chi connectivity index (χ1n) is 6.10. The lowest BCUT2D eigenvalue weighted by Gasteiger charge is -2.13. The van der Waals surface area contributed by atoms with Crippen LogP contribution >= 0.6 is 0 Å². The van der Waals surface area contributed by atoms with Gasteiger partial charge in [-0.3, -0.25) is 4.79 Å². The normalized spacial score (nSPS) is 19.7. The molecule has 1 aromatic carbocycles. The van der Waals surface area contributed by atoms with E-state index in [0.717, 1.165) is 19.5 Å². The average molecular weight is 249 g/mol. The van der Waals surface area contributed by atoms with E-state index >= 15 is 0 Å². The summed E-state index contributed by atoms with van der Waals surface area (Å²) >= 11 is 0. The number of hydrogen-bond acceptors (Lipinski definition) is 4. The van der Waals surface area contributed by atoms with Gasteiger partial charge in [0.2, 0.25) is 0 Å². The number of nitrogens with zero attached hydrogens (tertiary/aromatic N) is 1. The van der Waals surface area contributed by atoms with Crippen molar-refractivity contribution < 1.29 is 9.53 Å². The van der Waals surface area contributed by atoms with Crippen molar-refractivity contribution in [2.45, 2.75) is 12.5 Å². The molecule has 5 heteroatoms. The molecule has 0 aliphatic carbocycles. The summed E-state index contributed by atoms with van der Waals surface area (Å²) in [5.74, 6) is 0.534. The number of nitrogen functional groups attached to an aromatic ring is 1. The molecule has 1 unspecified atom stereocenters. The molecule has 1 aliphatic rings. The maximum atomic E-state index is 11.7. The van der Waals surface area contributed by atoms with Crippen molar-refractivity contribution in [2.24, 2.45) is 0 Å². The fourth-order valence-corrected chi connectivity index (χ4v) is 2.08. The van der Waals surface area contributed by atoms with Gasteiger partial charge in [-0.05, 0) is 32.1 Å². The van der Waals surface area contributed by atoms with Crippen molar-refractivity contribution in [3.05, 3.63) is 24.3 Å². The van der Waals surface area contributed by atoms with Gasteiger partial charge in [0, 0.05) is 24.3 Å². The molecule has 0 radical (unpaired) electrons. The zero-order valence-corrected chi connectivity index (χ0v) is 10.6. The Hall–Kier alpha value is -1.75. The quantitative estimate of drug-likeness (QED) is 0.761. The largest absolute Gasteiger partial charge is 0.484 e. The minimum Gasteiger partial charge on any atom is -0.484 e. The Labute approximate surface area is 107 Å². The summed E-state index contributed by atoms with van der Waals surface area (Å²) < 4.78 is 5.38. The van der Waals surface area contributed by atoms with Crippen molar-refractivity contribution in [3.63, 3.8) is 0 Å². The molecular weight excluding hydrogens is 230 g/mol. The van der Waals surface area contributed by atoms with E-state index in [-0.39, 0.29) is 18.6 Å². The highest BCUT2D eigenvalue weighted by molar-refractivity contribution is 5.77. The SMILES string of the molecule is CN1CCC(NC(=O)COc2cccc(N)c2)C1. The zero-order chi connectivity index (χ0) is 13.0. The number of likely N-dealkylation sites (tertiary alicyclic amines) is 1. The lowest BCUT2D eigenvalue weighted by atomic mass is 10.2. The van der Waals surface area contributed by atoms with Gasteiger partial charge in [-0.2, -0.15) is 0 Å². The van der Waals surface area contributed by atoms with Gasteiger partial charge in [-0.25, -0.2) is 0 Å². The van der Waals surface area contributed by atoms with Gasteiger partial charge in [0.25, 0.3) is 5.91 Å². The fourth-order valence-electron chi connectivity index (χ4n) is 2.08. The lowest BCUT2D eigenvalue weighted by molar-refractivity contribution is -0.123. The number of hydrogen-bond donors (Lipinski definition) is 2. The van der Waals surface area contributed by atoms with Crippen LogP contribution in [0.2, 0.25) is 0 Å². The summed E-state index contributed by atoms with van der Waals surface area (Å²) in [6.45, 7) is 1.97. The number of anilines is 1. The molecule has 1 saturated heterocycles. The maximum absolute atomic E-state index is 11.7. The number of carbonyl (C=O) groups excluding carboxylic acids is 1. The number of nitrogens with one attached hydrogen (secondary N) is 1. The Kier molecular flexibility index (Phi) is 4.04. The molecule has 3 N–H and O–H groups in total. The van der Waals surface area contributed by atoms with Crippen molar-refractivity contribution in [3.8, 4) is 5.75 Å². The van der Waals surface area contributed by atoms with Gasteiger partial charge in [0.15, 0.2) is 6.61 Å². The number of nitrogens with two attached hydrogens (primary N) is 1. The number of benzene rings is 1. The highest BCUT2D eigenvalue weighted by atomic mass is 16.5. The molecule has 0 aromatic heterocycles. The third kappa shape index (κ3) is 3.63. The molecule has 1 heterocycles. The van der Waals surface area contributed by atoms with Crippen LogP contribution in [0, 0.1) is 0 Å². The molecule has 0 spiro atoms. The van der Waals surface area contributed by atoms with Crippen LogP contribution in [0.15, 0.2) is 24.3 Å². The Morgan fingerprint density at radius 3 is 3.11 bits per heavy atom. The smallest absolute Gasteiger partial charge is 0.258 e. The highest BCUT2D eigenvalue weighted by Crippen LogP contribution is 2.14. The highest BCUT2D eigenvalue weighted by Gasteiger charge is 2.20. The standard InChI is InChI=1S/C13H19N3O2/c1-16-6-5-11(8-16)15-13(17)9-18-12-4-2-3-10(14)7-12/h2-4,7,11H,5-6,8-9,14H2,1H3,(H,15,17). The topological polar surface area (TPSA) is 67.6 Å². The van der Waals surface area contributed by atoms with Crippen LogP contribution in [-0.4, -0.2) is 43.6 Å². The molecule has 98 valence electrons. The summed E-state index contributed by atoms with van der Waals surface area (Å²) in [4.78, 5) is 13.9. The molecule has 1 aliphatic heterocycles. The molecule has 0 saturated carbocycles. The summed E-state index contributed by atoms with van der Waals surface area (Å²) in [5, 5.41) is 2.96. The van der Waals surface area contributed by atoms with E-state index in [9.17, 15) is 4.79 Å². The van der Waals surface area contributed by atoms with Crippen LogP contribution in [0.3, 0.4) is 0 Å². The van der Waals surface area contributed by atoms with Crippen molar-refractivity contribution >= 4 is 11.6 Å². The number of rotatable bonds is 4. The second kappa shape index (κ2) is 5.73. The second-order valence-corrected chi connectivity index (χ2v) is 4.68. The Bertz CT molecular complexity index is 422. The van der Waals surface area contributed by atoms with Crippen LogP contribution in [0.5, 0.6) is 5.75 Å².